The molecule has 1 aromatic rings. The maximum Gasteiger partial charge on any atom is 0.218 e. The van der Waals surface area contributed by atoms with Crippen molar-refractivity contribution in [3.63, 3.8) is 0 Å². The highest BCUT2D eigenvalue weighted by atomic mass is 127. The first-order valence-electron chi connectivity index (χ1n) is 8.45. The number of ether oxygens (including phenoxy) is 1. The van der Waals surface area contributed by atoms with Crippen LogP contribution in [-0.2, 0) is 6.54 Å². The normalized spacial score (nSPS) is 15.7. The van der Waals surface area contributed by atoms with Crippen molar-refractivity contribution >= 4 is 29.9 Å². The van der Waals surface area contributed by atoms with Crippen molar-refractivity contribution in [2.24, 2.45) is 4.99 Å². The van der Waals surface area contributed by atoms with Crippen LogP contribution in [-0.4, -0.2) is 30.1 Å². The van der Waals surface area contributed by atoms with Gasteiger partial charge in [0.15, 0.2) is 5.96 Å². The van der Waals surface area contributed by atoms with Crippen molar-refractivity contribution in [2.45, 2.75) is 58.5 Å². The quantitative estimate of drug-likeness (QED) is 0.411. The number of rotatable bonds is 6. The molecule has 0 unspecified atom stereocenters. The number of aromatic nitrogens is 1. The Bertz CT molecular complexity index is 475. The minimum atomic E-state index is 0. The number of aliphatic imine (C=N–C) groups is 1. The van der Waals surface area contributed by atoms with Crippen molar-refractivity contribution < 1.29 is 4.74 Å². The molecule has 1 aliphatic carbocycles. The molecule has 6 heteroatoms. The predicted molar refractivity (Wildman–Crippen MR) is 106 cm³/mol. The van der Waals surface area contributed by atoms with E-state index in [9.17, 15) is 0 Å². The summed E-state index contributed by atoms with van der Waals surface area (Å²) in [6, 6.07) is 4.49. The molecule has 0 radical (unpaired) electrons. The number of pyridine rings is 1. The molecule has 1 aliphatic rings. The van der Waals surface area contributed by atoms with Gasteiger partial charge in [0.25, 0.3) is 0 Å². The van der Waals surface area contributed by atoms with Crippen molar-refractivity contribution in [3.8, 4) is 5.88 Å². The molecule has 1 fully saturated rings. The van der Waals surface area contributed by atoms with E-state index in [0.29, 0.717) is 25.1 Å². The lowest BCUT2D eigenvalue weighted by Crippen LogP contribution is -2.44. The molecular formula is C17H29IN4O. The second-order valence-electron chi connectivity index (χ2n) is 5.58. The second kappa shape index (κ2) is 11.5. The van der Waals surface area contributed by atoms with E-state index in [-0.39, 0.29) is 24.0 Å². The Morgan fingerprint density at radius 1 is 1.30 bits per heavy atom. The van der Waals surface area contributed by atoms with E-state index in [1.807, 2.05) is 19.1 Å². The summed E-state index contributed by atoms with van der Waals surface area (Å²) < 4.78 is 5.56. The fourth-order valence-corrected chi connectivity index (χ4v) is 2.74. The average Bonchev–Trinajstić information content (AvgIpc) is 2.55. The fourth-order valence-electron chi connectivity index (χ4n) is 2.74. The monoisotopic (exact) mass is 432 g/mol. The lowest BCUT2D eigenvalue weighted by atomic mass is 9.96. The van der Waals surface area contributed by atoms with Crippen molar-refractivity contribution in [3.05, 3.63) is 23.9 Å². The van der Waals surface area contributed by atoms with Crippen molar-refractivity contribution in [1.82, 2.24) is 15.6 Å². The van der Waals surface area contributed by atoms with Gasteiger partial charge in [-0.25, -0.2) is 9.98 Å². The summed E-state index contributed by atoms with van der Waals surface area (Å²) in [5.74, 6) is 1.57. The maximum absolute atomic E-state index is 5.56. The summed E-state index contributed by atoms with van der Waals surface area (Å²) in [6.07, 6.45) is 8.22. The number of nitrogens with zero attached hydrogens (tertiary/aromatic N) is 2. The van der Waals surface area contributed by atoms with E-state index in [4.69, 9.17) is 9.73 Å². The van der Waals surface area contributed by atoms with Gasteiger partial charge in [-0.3, -0.25) is 0 Å². The molecule has 0 bridgehead atoms. The molecule has 23 heavy (non-hydrogen) atoms. The van der Waals surface area contributed by atoms with Gasteiger partial charge >= 0.3 is 0 Å². The minimum Gasteiger partial charge on any atom is -0.478 e. The summed E-state index contributed by atoms with van der Waals surface area (Å²) in [5.41, 5.74) is 1.02. The summed E-state index contributed by atoms with van der Waals surface area (Å²) in [7, 11) is 0. The van der Waals surface area contributed by atoms with Crippen LogP contribution in [0.4, 0.5) is 0 Å². The Morgan fingerprint density at radius 3 is 2.78 bits per heavy atom. The molecule has 0 aliphatic heterocycles. The molecule has 1 heterocycles. The SMILES string of the molecule is CCNC(=NCc1cccnc1OCC)NC1CCCCC1.I. The molecule has 0 aromatic carbocycles. The number of hydrogen-bond acceptors (Lipinski definition) is 3. The minimum absolute atomic E-state index is 0. The topological polar surface area (TPSA) is 58.5 Å². The standard InChI is InChI=1S/C17H28N4O.HI/c1-3-18-17(21-15-10-6-5-7-11-15)20-13-14-9-8-12-19-16(14)22-4-2;/h8-9,12,15H,3-7,10-11,13H2,1-2H3,(H2,18,20,21);1H. The van der Waals surface area contributed by atoms with Crippen LogP contribution in [0.25, 0.3) is 0 Å². The summed E-state index contributed by atoms with van der Waals surface area (Å²) in [4.78, 5) is 8.97. The van der Waals surface area contributed by atoms with Gasteiger partial charge in [-0.15, -0.1) is 24.0 Å². The van der Waals surface area contributed by atoms with Crippen LogP contribution in [0.3, 0.4) is 0 Å². The highest BCUT2D eigenvalue weighted by Gasteiger charge is 2.14. The molecule has 2 rings (SSSR count). The van der Waals surface area contributed by atoms with Crippen LogP contribution in [0.2, 0.25) is 0 Å². The van der Waals surface area contributed by atoms with E-state index >= 15 is 0 Å². The van der Waals surface area contributed by atoms with Crippen molar-refractivity contribution in [2.75, 3.05) is 13.2 Å². The van der Waals surface area contributed by atoms with Crippen LogP contribution in [0, 0.1) is 0 Å². The summed E-state index contributed by atoms with van der Waals surface area (Å²) in [6.45, 7) is 6.12. The van der Waals surface area contributed by atoms with Crippen LogP contribution >= 0.6 is 24.0 Å². The number of halogens is 1. The Hall–Kier alpha value is -1.05. The maximum atomic E-state index is 5.56. The fraction of sp³-hybridized carbons (Fsp3) is 0.647. The van der Waals surface area contributed by atoms with E-state index < -0.39 is 0 Å². The molecule has 0 spiro atoms. The van der Waals surface area contributed by atoms with E-state index in [2.05, 4.69) is 22.5 Å². The lowest BCUT2D eigenvalue weighted by Gasteiger charge is -2.24. The predicted octanol–water partition coefficient (Wildman–Crippen LogP) is 3.49. The van der Waals surface area contributed by atoms with Crippen LogP contribution in [0.5, 0.6) is 5.88 Å². The third-order valence-corrected chi connectivity index (χ3v) is 3.83. The summed E-state index contributed by atoms with van der Waals surface area (Å²) in [5, 5.41) is 6.89. The van der Waals surface area contributed by atoms with Crippen molar-refractivity contribution in [1.29, 1.82) is 0 Å². The van der Waals surface area contributed by atoms with Gasteiger partial charge < -0.3 is 15.4 Å². The first-order valence-corrected chi connectivity index (χ1v) is 8.45. The first-order chi connectivity index (χ1) is 10.8. The third-order valence-electron chi connectivity index (χ3n) is 3.83. The van der Waals surface area contributed by atoms with Gasteiger partial charge in [0, 0.05) is 24.3 Å². The van der Waals surface area contributed by atoms with Gasteiger partial charge in [0.2, 0.25) is 5.88 Å². The van der Waals surface area contributed by atoms with E-state index in [0.717, 1.165) is 18.1 Å². The number of guanidine groups is 1. The number of nitrogens with one attached hydrogen (secondary N) is 2. The zero-order valence-corrected chi connectivity index (χ0v) is 16.5. The first kappa shape index (κ1) is 20.0. The molecule has 0 saturated heterocycles. The lowest BCUT2D eigenvalue weighted by molar-refractivity contribution is 0.323. The Morgan fingerprint density at radius 2 is 2.09 bits per heavy atom. The molecule has 0 atom stereocenters. The Labute approximate surface area is 156 Å². The van der Waals surface area contributed by atoms with Gasteiger partial charge in [0.05, 0.1) is 13.2 Å². The molecule has 2 N–H and O–H groups in total. The molecule has 5 nitrogen and oxygen atoms in total. The second-order valence-corrected chi connectivity index (χ2v) is 5.58. The molecule has 0 amide bonds. The largest absolute Gasteiger partial charge is 0.478 e. The number of hydrogen-bond donors (Lipinski definition) is 2. The van der Waals surface area contributed by atoms with Crippen LogP contribution in [0.15, 0.2) is 23.3 Å². The van der Waals surface area contributed by atoms with Crippen LogP contribution in [0.1, 0.15) is 51.5 Å². The average molecular weight is 432 g/mol. The zero-order chi connectivity index (χ0) is 15.6. The van der Waals surface area contributed by atoms with E-state index in [1.54, 1.807) is 6.20 Å². The highest BCUT2D eigenvalue weighted by molar-refractivity contribution is 14.0. The summed E-state index contributed by atoms with van der Waals surface area (Å²) >= 11 is 0. The molecule has 130 valence electrons. The zero-order valence-electron chi connectivity index (χ0n) is 14.2. The van der Waals surface area contributed by atoms with Gasteiger partial charge in [0.1, 0.15) is 0 Å². The van der Waals surface area contributed by atoms with Crippen LogP contribution < -0.4 is 15.4 Å². The molecular weight excluding hydrogens is 403 g/mol. The Balaban J connectivity index is 0.00000264. The van der Waals surface area contributed by atoms with Gasteiger partial charge in [-0.05, 0) is 32.8 Å². The molecule has 1 saturated carbocycles. The van der Waals surface area contributed by atoms with Gasteiger partial charge in [-0.1, -0.05) is 25.3 Å². The smallest absolute Gasteiger partial charge is 0.218 e. The molecule has 1 aromatic heterocycles. The van der Waals surface area contributed by atoms with E-state index in [1.165, 1.54) is 32.1 Å². The Kier molecular flexibility index (Phi) is 9.98. The third kappa shape index (κ3) is 6.93. The van der Waals surface area contributed by atoms with Gasteiger partial charge in [-0.2, -0.15) is 0 Å². The highest BCUT2D eigenvalue weighted by Crippen LogP contribution is 2.18.